The molecule has 0 aliphatic heterocycles. The highest BCUT2D eigenvalue weighted by molar-refractivity contribution is 7.89. The highest BCUT2D eigenvalue weighted by atomic mass is 32.2. The number of hydrogen-bond acceptors (Lipinski definition) is 5. The normalized spacial score (nSPS) is 11.9. The number of anilines is 1. The van der Waals surface area contributed by atoms with E-state index in [-0.39, 0.29) is 23.4 Å². The number of para-hydroxylation sites is 1. The lowest BCUT2D eigenvalue weighted by Crippen LogP contribution is -2.36. The van der Waals surface area contributed by atoms with Crippen LogP contribution in [0.15, 0.2) is 83.8 Å². The van der Waals surface area contributed by atoms with Crippen molar-refractivity contribution in [3.63, 3.8) is 0 Å². The number of aromatic nitrogens is 1. The number of rotatable bonds is 7. The van der Waals surface area contributed by atoms with Crippen LogP contribution in [0.4, 0.5) is 5.13 Å². The van der Waals surface area contributed by atoms with E-state index in [0.29, 0.717) is 10.7 Å². The van der Waals surface area contributed by atoms with E-state index < -0.39 is 10.0 Å². The van der Waals surface area contributed by atoms with Gasteiger partial charge in [0.15, 0.2) is 5.13 Å². The number of thiazole rings is 1. The van der Waals surface area contributed by atoms with Gasteiger partial charge in [-0.15, -0.1) is 0 Å². The van der Waals surface area contributed by atoms with Crippen LogP contribution in [0.5, 0.6) is 0 Å². The zero-order valence-electron chi connectivity index (χ0n) is 17.7. The summed E-state index contributed by atoms with van der Waals surface area (Å²) in [6.45, 7) is 3.97. The van der Waals surface area contributed by atoms with Crippen molar-refractivity contribution in [1.29, 1.82) is 0 Å². The summed E-state index contributed by atoms with van der Waals surface area (Å²) < 4.78 is 29.0. The van der Waals surface area contributed by atoms with E-state index in [1.807, 2.05) is 68.4 Å². The molecule has 0 saturated heterocycles. The van der Waals surface area contributed by atoms with Crippen molar-refractivity contribution < 1.29 is 13.2 Å². The molecule has 0 bridgehead atoms. The third-order valence-corrected chi connectivity index (χ3v) is 7.98. The highest BCUT2D eigenvalue weighted by Gasteiger charge is 2.27. The van der Waals surface area contributed by atoms with Gasteiger partial charge in [-0.3, -0.25) is 10.1 Å². The summed E-state index contributed by atoms with van der Waals surface area (Å²) in [5, 5.41) is 3.29. The van der Waals surface area contributed by atoms with Gasteiger partial charge in [-0.2, -0.15) is 4.31 Å². The average Bonchev–Trinajstić information content (AvgIpc) is 3.20. The van der Waals surface area contributed by atoms with Crippen LogP contribution in [-0.2, 0) is 16.6 Å². The summed E-state index contributed by atoms with van der Waals surface area (Å²) in [6, 6.07) is 22.9. The summed E-state index contributed by atoms with van der Waals surface area (Å²) >= 11 is 1.39. The van der Waals surface area contributed by atoms with E-state index in [0.717, 1.165) is 15.8 Å². The number of carbonyl (C=O) groups excluding carboxylic acids is 1. The van der Waals surface area contributed by atoms with E-state index in [4.69, 9.17) is 0 Å². The molecule has 32 heavy (non-hydrogen) atoms. The maximum atomic E-state index is 13.3. The molecule has 0 spiro atoms. The molecule has 1 N–H and O–H groups in total. The topological polar surface area (TPSA) is 79.4 Å². The van der Waals surface area contributed by atoms with Crippen LogP contribution in [0.2, 0.25) is 0 Å². The molecule has 1 heterocycles. The molecule has 0 fully saturated rings. The Hall–Kier alpha value is -3.07. The van der Waals surface area contributed by atoms with Crippen LogP contribution in [0.1, 0.15) is 29.8 Å². The first-order valence-corrected chi connectivity index (χ1v) is 12.4. The van der Waals surface area contributed by atoms with E-state index in [1.165, 1.54) is 39.9 Å². The number of benzene rings is 3. The van der Waals surface area contributed by atoms with Gasteiger partial charge in [0.2, 0.25) is 10.0 Å². The zero-order chi connectivity index (χ0) is 22.7. The number of hydrogen-bond donors (Lipinski definition) is 1. The van der Waals surface area contributed by atoms with Crippen molar-refractivity contribution in [2.45, 2.75) is 31.3 Å². The maximum absolute atomic E-state index is 13.3. The highest BCUT2D eigenvalue weighted by Crippen LogP contribution is 2.26. The van der Waals surface area contributed by atoms with Crippen molar-refractivity contribution in [3.8, 4) is 0 Å². The maximum Gasteiger partial charge on any atom is 0.257 e. The number of amides is 1. The minimum Gasteiger partial charge on any atom is -0.298 e. The zero-order valence-corrected chi connectivity index (χ0v) is 19.4. The Balaban J connectivity index is 1.52. The van der Waals surface area contributed by atoms with Crippen molar-refractivity contribution in [1.82, 2.24) is 9.29 Å². The van der Waals surface area contributed by atoms with Crippen LogP contribution in [0.3, 0.4) is 0 Å². The summed E-state index contributed by atoms with van der Waals surface area (Å²) in [5.74, 6) is -0.335. The van der Waals surface area contributed by atoms with Gasteiger partial charge < -0.3 is 0 Å². The van der Waals surface area contributed by atoms with E-state index in [1.54, 1.807) is 0 Å². The summed E-state index contributed by atoms with van der Waals surface area (Å²) in [7, 11) is -3.73. The van der Waals surface area contributed by atoms with E-state index in [9.17, 15) is 13.2 Å². The number of sulfonamides is 1. The van der Waals surface area contributed by atoms with Crippen LogP contribution in [0.25, 0.3) is 10.2 Å². The summed E-state index contributed by atoms with van der Waals surface area (Å²) in [5.41, 5.74) is 2.10. The average molecular weight is 466 g/mol. The van der Waals surface area contributed by atoms with E-state index >= 15 is 0 Å². The summed E-state index contributed by atoms with van der Waals surface area (Å²) in [6.07, 6.45) is 0. The molecule has 0 saturated carbocycles. The molecule has 1 amide bonds. The Bertz CT molecular complexity index is 1300. The molecule has 0 radical (unpaired) electrons. The molecule has 0 aliphatic rings. The number of carbonyl (C=O) groups is 1. The van der Waals surface area contributed by atoms with Gasteiger partial charge >= 0.3 is 0 Å². The Morgan fingerprint density at radius 2 is 1.62 bits per heavy atom. The SMILES string of the molecule is CC(C)N(Cc1ccccc1)S(=O)(=O)c1ccc(C(=O)Nc2nc3ccccc3s2)cc1. The lowest BCUT2D eigenvalue weighted by molar-refractivity contribution is 0.102. The van der Waals surface area contributed by atoms with Crippen LogP contribution >= 0.6 is 11.3 Å². The smallest absolute Gasteiger partial charge is 0.257 e. The van der Waals surface area contributed by atoms with Gasteiger partial charge in [0.05, 0.1) is 15.1 Å². The molecule has 0 aliphatic carbocycles. The number of nitrogens with one attached hydrogen (secondary N) is 1. The van der Waals surface area contributed by atoms with Gasteiger partial charge in [0.1, 0.15) is 0 Å². The molecule has 3 aromatic carbocycles. The van der Waals surface area contributed by atoms with Gasteiger partial charge in [-0.05, 0) is 55.8 Å². The fourth-order valence-corrected chi connectivity index (χ4v) is 5.80. The molecule has 4 rings (SSSR count). The van der Waals surface area contributed by atoms with Gasteiger partial charge in [0, 0.05) is 18.2 Å². The quantitative estimate of drug-likeness (QED) is 0.409. The molecule has 4 aromatic rings. The van der Waals surface area contributed by atoms with Gasteiger partial charge in [0.25, 0.3) is 5.91 Å². The molecule has 8 heteroatoms. The van der Waals surface area contributed by atoms with Crippen molar-refractivity contribution >= 4 is 42.6 Å². The first-order valence-electron chi connectivity index (χ1n) is 10.2. The first-order chi connectivity index (χ1) is 15.3. The van der Waals surface area contributed by atoms with E-state index in [2.05, 4.69) is 10.3 Å². The second kappa shape index (κ2) is 9.20. The molecule has 6 nitrogen and oxygen atoms in total. The fraction of sp³-hybridized carbons (Fsp3) is 0.167. The molecular weight excluding hydrogens is 442 g/mol. The molecular formula is C24H23N3O3S2. The van der Waals surface area contributed by atoms with Crippen LogP contribution in [0, 0.1) is 0 Å². The molecule has 1 aromatic heterocycles. The fourth-order valence-electron chi connectivity index (χ4n) is 3.32. The first kappa shape index (κ1) is 22.1. The van der Waals surface area contributed by atoms with Gasteiger partial charge in [-0.25, -0.2) is 13.4 Å². The Morgan fingerprint density at radius 3 is 2.28 bits per heavy atom. The molecule has 0 atom stereocenters. The second-order valence-electron chi connectivity index (χ2n) is 7.59. The molecule has 0 unspecified atom stereocenters. The lowest BCUT2D eigenvalue weighted by Gasteiger charge is -2.26. The predicted molar refractivity (Wildman–Crippen MR) is 128 cm³/mol. The van der Waals surface area contributed by atoms with Crippen LogP contribution < -0.4 is 5.32 Å². The van der Waals surface area contributed by atoms with Gasteiger partial charge in [-0.1, -0.05) is 53.8 Å². The largest absolute Gasteiger partial charge is 0.298 e. The predicted octanol–water partition coefficient (Wildman–Crippen LogP) is 5.15. The van der Waals surface area contributed by atoms with Crippen molar-refractivity contribution in [2.75, 3.05) is 5.32 Å². The van der Waals surface area contributed by atoms with Crippen LogP contribution in [-0.4, -0.2) is 29.7 Å². The Morgan fingerprint density at radius 1 is 0.969 bits per heavy atom. The lowest BCUT2D eigenvalue weighted by atomic mass is 10.2. The minimum absolute atomic E-state index is 0.152. The third-order valence-electron chi connectivity index (χ3n) is 4.99. The summed E-state index contributed by atoms with van der Waals surface area (Å²) in [4.78, 5) is 17.2. The Kier molecular flexibility index (Phi) is 6.36. The van der Waals surface area contributed by atoms with Crippen molar-refractivity contribution in [2.24, 2.45) is 0 Å². The standard InChI is InChI=1S/C24H23N3O3S2/c1-17(2)27(16-18-8-4-3-5-9-18)32(29,30)20-14-12-19(13-15-20)23(28)26-24-25-21-10-6-7-11-22(21)31-24/h3-15,17H,16H2,1-2H3,(H,25,26,28). The number of fused-ring (bicyclic) bond motifs is 1. The molecule has 164 valence electrons. The third kappa shape index (κ3) is 4.72. The second-order valence-corrected chi connectivity index (χ2v) is 10.5. The van der Waals surface area contributed by atoms with Crippen molar-refractivity contribution in [3.05, 3.63) is 90.0 Å². The number of nitrogens with zero attached hydrogens (tertiary/aromatic N) is 2. The monoisotopic (exact) mass is 465 g/mol. The Labute approximate surface area is 191 Å². The minimum atomic E-state index is -3.73.